The van der Waals surface area contributed by atoms with Gasteiger partial charge in [0.1, 0.15) is 5.75 Å². The van der Waals surface area contributed by atoms with Crippen LogP contribution in [0.25, 0.3) is 0 Å². The highest BCUT2D eigenvalue weighted by Crippen LogP contribution is 2.27. The minimum absolute atomic E-state index is 0.122. The van der Waals surface area contributed by atoms with Gasteiger partial charge in [0.25, 0.3) is 0 Å². The van der Waals surface area contributed by atoms with Crippen LogP contribution in [0.15, 0.2) is 46.9 Å². The molecule has 0 aliphatic carbocycles. The van der Waals surface area contributed by atoms with Crippen molar-refractivity contribution in [3.05, 3.63) is 52.5 Å². The lowest BCUT2D eigenvalue weighted by molar-refractivity contribution is -0.116. The predicted molar refractivity (Wildman–Crippen MR) is 88.5 cm³/mol. The molecule has 0 spiro atoms. The SMILES string of the molecule is Cc1cc(Br)cc(N)c1NC(=O)CCOc1ccccc1. The topological polar surface area (TPSA) is 64.3 Å². The Kier molecular flexibility index (Phi) is 5.22. The van der Waals surface area contributed by atoms with Gasteiger partial charge < -0.3 is 15.8 Å². The lowest BCUT2D eigenvalue weighted by Gasteiger charge is -2.12. The van der Waals surface area contributed by atoms with Crippen LogP contribution in [0.5, 0.6) is 5.75 Å². The second-order valence-electron chi connectivity index (χ2n) is 4.65. The van der Waals surface area contributed by atoms with Crippen molar-refractivity contribution in [1.82, 2.24) is 0 Å². The molecule has 0 bridgehead atoms. The van der Waals surface area contributed by atoms with Gasteiger partial charge in [-0.25, -0.2) is 0 Å². The summed E-state index contributed by atoms with van der Waals surface area (Å²) in [7, 11) is 0. The summed E-state index contributed by atoms with van der Waals surface area (Å²) < 4.78 is 6.39. The van der Waals surface area contributed by atoms with Crippen molar-refractivity contribution < 1.29 is 9.53 Å². The first-order valence-electron chi connectivity index (χ1n) is 6.59. The van der Waals surface area contributed by atoms with Crippen molar-refractivity contribution in [3.63, 3.8) is 0 Å². The third kappa shape index (κ3) is 4.49. The molecule has 0 aliphatic heterocycles. The quantitative estimate of drug-likeness (QED) is 0.808. The maximum atomic E-state index is 11.9. The van der Waals surface area contributed by atoms with Crippen molar-refractivity contribution in [1.29, 1.82) is 0 Å². The highest BCUT2D eigenvalue weighted by atomic mass is 79.9. The van der Waals surface area contributed by atoms with Gasteiger partial charge >= 0.3 is 0 Å². The van der Waals surface area contributed by atoms with E-state index in [0.29, 0.717) is 18.0 Å². The molecule has 2 aromatic rings. The van der Waals surface area contributed by atoms with E-state index in [1.807, 2.05) is 43.3 Å². The third-order valence-corrected chi connectivity index (χ3v) is 3.39. The second-order valence-corrected chi connectivity index (χ2v) is 5.56. The van der Waals surface area contributed by atoms with E-state index < -0.39 is 0 Å². The maximum Gasteiger partial charge on any atom is 0.227 e. The van der Waals surface area contributed by atoms with Crippen LogP contribution in [0.2, 0.25) is 0 Å². The molecule has 3 N–H and O–H groups in total. The number of carbonyl (C=O) groups is 1. The number of para-hydroxylation sites is 1. The van der Waals surface area contributed by atoms with Crippen molar-refractivity contribution in [3.8, 4) is 5.75 Å². The number of hydrogen-bond donors (Lipinski definition) is 2. The molecule has 0 radical (unpaired) electrons. The van der Waals surface area contributed by atoms with Crippen molar-refractivity contribution in [2.24, 2.45) is 0 Å². The van der Waals surface area contributed by atoms with Gasteiger partial charge in [0.15, 0.2) is 0 Å². The normalized spacial score (nSPS) is 10.2. The van der Waals surface area contributed by atoms with E-state index in [4.69, 9.17) is 10.5 Å². The predicted octanol–water partition coefficient (Wildman–Crippen LogP) is 3.75. The molecule has 0 aromatic heterocycles. The van der Waals surface area contributed by atoms with Gasteiger partial charge in [-0.15, -0.1) is 0 Å². The lowest BCUT2D eigenvalue weighted by Crippen LogP contribution is -2.17. The molecule has 0 aliphatic rings. The van der Waals surface area contributed by atoms with Crippen molar-refractivity contribution >= 4 is 33.2 Å². The monoisotopic (exact) mass is 348 g/mol. The van der Waals surface area contributed by atoms with Crippen molar-refractivity contribution in [2.75, 3.05) is 17.7 Å². The number of aryl methyl sites for hydroxylation is 1. The fourth-order valence-corrected chi connectivity index (χ4v) is 2.51. The highest BCUT2D eigenvalue weighted by Gasteiger charge is 2.09. The first-order chi connectivity index (χ1) is 10.1. The van der Waals surface area contributed by atoms with Crippen LogP contribution in [0, 0.1) is 6.92 Å². The number of hydrogen-bond acceptors (Lipinski definition) is 3. The van der Waals surface area contributed by atoms with E-state index in [9.17, 15) is 4.79 Å². The smallest absolute Gasteiger partial charge is 0.227 e. The molecule has 0 atom stereocenters. The fourth-order valence-electron chi connectivity index (χ4n) is 1.92. The molecule has 110 valence electrons. The number of halogens is 1. The summed E-state index contributed by atoms with van der Waals surface area (Å²) in [4.78, 5) is 11.9. The van der Waals surface area contributed by atoms with Crippen LogP contribution in [0.1, 0.15) is 12.0 Å². The lowest BCUT2D eigenvalue weighted by atomic mass is 10.1. The Balaban J connectivity index is 1.88. The van der Waals surface area contributed by atoms with Gasteiger partial charge in [0, 0.05) is 4.47 Å². The number of nitrogens with one attached hydrogen (secondary N) is 1. The van der Waals surface area contributed by atoms with Gasteiger partial charge in [-0.1, -0.05) is 34.1 Å². The summed E-state index contributed by atoms with van der Waals surface area (Å²) in [6.07, 6.45) is 0.268. The number of ether oxygens (including phenoxy) is 1. The zero-order chi connectivity index (χ0) is 15.2. The summed E-state index contributed by atoms with van der Waals surface area (Å²) in [5.74, 6) is 0.632. The van der Waals surface area contributed by atoms with Crippen LogP contribution in [0.4, 0.5) is 11.4 Å². The average Bonchev–Trinajstić information content (AvgIpc) is 2.44. The van der Waals surface area contributed by atoms with E-state index in [2.05, 4.69) is 21.2 Å². The Morgan fingerprint density at radius 3 is 2.67 bits per heavy atom. The standard InChI is InChI=1S/C16H17BrN2O2/c1-11-9-12(17)10-14(18)16(11)19-15(20)7-8-21-13-5-3-2-4-6-13/h2-6,9-10H,7-8,18H2,1H3,(H,19,20). The zero-order valence-corrected chi connectivity index (χ0v) is 13.3. The molecule has 1 amide bonds. The molecule has 5 heteroatoms. The second kappa shape index (κ2) is 7.13. The number of carbonyl (C=O) groups excluding carboxylic acids is 1. The van der Waals surface area contributed by atoms with Gasteiger partial charge in [0.2, 0.25) is 5.91 Å². The molecule has 2 aromatic carbocycles. The molecule has 0 fully saturated rings. The molecule has 0 heterocycles. The summed E-state index contributed by atoms with van der Waals surface area (Å²) in [5.41, 5.74) is 8.03. The molecule has 0 saturated carbocycles. The molecule has 0 saturated heterocycles. The van der Waals surface area contributed by atoms with Gasteiger partial charge in [-0.3, -0.25) is 4.79 Å². The first kappa shape index (κ1) is 15.4. The first-order valence-corrected chi connectivity index (χ1v) is 7.39. The average molecular weight is 349 g/mol. The summed E-state index contributed by atoms with van der Waals surface area (Å²) in [6, 6.07) is 13.1. The van der Waals surface area contributed by atoms with E-state index in [0.717, 1.165) is 15.8 Å². The minimum atomic E-state index is -0.122. The Labute approximate surface area is 132 Å². The molecule has 0 unspecified atom stereocenters. The Morgan fingerprint density at radius 1 is 1.29 bits per heavy atom. The number of anilines is 2. The fraction of sp³-hybridized carbons (Fsp3) is 0.188. The summed E-state index contributed by atoms with van der Waals surface area (Å²) >= 11 is 3.37. The molecular weight excluding hydrogens is 332 g/mol. The van der Waals surface area contributed by atoms with Gasteiger partial charge in [0.05, 0.1) is 24.4 Å². The number of amides is 1. The molecular formula is C16H17BrN2O2. The van der Waals surface area contributed by atoms with E-state index in [1.54, 1.807) is 6.07 Å². The van der Waals surface area contributed by atoms with Crippen LogP contribution >= 0.6 is 15.9 Å². The van der Waals surface area contributed by atoms with E-state index >= 15 is 0 Å². The molecule has 2 rings (SSSR count). The number of rotatable bonds is 5. The number of benzene rings is 2. The third-order valence-electron chi connectivity index (χ3n) is 2.94. The Bertz CT molecular complexity index is 606. The Hall–Kier alpha value is -2.01. The van der Waals surface area contributed by atoms with Crippen LogP contribution < -0.4 is 15.8 Å². The number of nitrogen functional groups attached to an aromatic ring is 1. The number of nitrogens with two attached hydrogens (primary N) is 1. The minimum Gasteiger partial charge on any atom is -0.493 e. The summed E-state index contributed by atoms with van der Waals surface area (Å²) in [5, 5.41) is 2.83. The van der Waals surface area contributed by atoms with Gasteiger partial charge in [-0.2, -0.15) is 0 Å². The highest BCUT2D eigenvalue weighted by molar-refractivity contribution is 9.10. The van der Waals surface area contributed by atoms with E-state index in [-0.39, 0.29) is 12.3 Å². The van der Waals surface area contributed by atoms with Crippen LogP contribution in [-0.2, 0) is 4.79 Å². The van der Waals surface area contributed by atoms with Gasteiger partial charge in [-0.05, 0) is 36.8 Å². The van der Waals surface area contributed by atoms with E-state index in [1.165, 1.54) is 0 Å². The zero-order valence-electron chi connectivity index (χ0n) is 11.7. The van der Waals surface area contributed by atoms with Crippen molar-refractivity contribution in [2.45, 2.75) is 13.3 Å². The molecule has 21 heavy (non-hydrogen) atoms. The van der Waals surface area contributed by atoms with Crippen LogP contribution in [-0.4, -0.2) is 12.5 Å². The Morgan fingerprint density at radius 2 is 2.00 bits per heavy atom. The largest absolute Gasteiger partial charge is 0.493 e. The molecule has 4 nitrogen and oxygen atoms in total. The maximum absolute atomic E-state index is 11.9. The summed E-state index contributed by atoms with van der Waals surface area (Å²) in [6.45, 7) is 2.22. The van der Waals surface area contributed by atoms with Crippen LogP contribution in [0.3, 0.4) is 0 Å².